The summed E-state index contributed by atoms with van der Waals surface area (Å²) in [6, 6.07) is 13.5. The molecule has 0 aromatic heterocycles. The van der Waals surface area contributed by atoms with Crippen LogP contribution in [0.5, 0.6) is 0 Å². The van der Waals surface area contributed by atoms with Gasteiger partial charge in [-0.05, 0) is 56.8 Å². The lowest BCUT2D eigenvalue weighted by Crippen LogP contribution is -2.36. The van der Waals surface area contributed by atoms with E-state index in [9.17, 15) is 0 Å². The second kappa shape index (κ2) is 5.82. The van der Waals surface area contributed by atoms with Gasteiger partial charge >= 0.3 is 0 Å². The SMILES string of the molecule is C1=CC(C2C=c3ccccc3=C2)c2ccc3c(c2=C1)=CCC1=C3C=CCC1. The Morgan fingerprint density at radius 3 is 2.59 bits per heavy atom. The van der Waals surface area contributed by atoms with E-state index in [0.29, 0.717) is 11.8 Å². The first-order chi connectivity index (χ1) is 13.4. The summed E-state index contributed by atoms with van der Waals surface area (Å²) in [5, 5.41) is 5.63. The molecule has 1 unspecified atom stereocenters. The standard InChI is InChI=1S/C27H22/c1-2-8-20-17-21(16-19(20)7-1)23-10-5-11-24-26(23)15-14-25-22-9-4-3-6-18(22)12-13-27(24)25/h1-2,4-5,7-11,13-17,21,23H,3,6,12H2. The predicted molar refractivity (Wildman–Crippen MR) is 115 cm³/mol. The number of benzene rings is 2. The fourth-order valence-corrected chi connectivity index (χ4v) is 5.21. The zero-order valence-corrected chi connectivity index (χ0v) is 15.4. The second-order valence-electron chi connectivity index (χ2n) is 8.01. The molecule has 27 heavy (non-hydrogen) atoms. The van der Waals surface area contributed by atoms with Crippen molar-refractivity contribution >= 4 is 29.9 Å². The lowest BCUT2D eigenvalue weighted by Gasteiger charge is -2.25. The Labute approximate surface area is 159 Å². The number of rotatable bonds is 1. The van der Waals surface area contributed by atoms with Gasteiger partial charge in [-0.15, -0.1) is 0 Å². The van der Waals surface area contributed by atoms with Gasteiger partial charge in [0.1, 0.15) is 0 Å². The van der Waals surface area contributed by atoms with Gasteiger partial charge in [0.15, 0.2) is 0 Å². The third-order valence-electron chi connectivity index (χ3n) is 6.54. The predicted octanol–water partition coefficient (Wildman–Crippen LogP) is 3.30. The molecule has 6 rings (SSSR count). The van der Waals surface area contributed by atoms with Gasteiger partial charge in [-0.1, -0.05) is 90.6 Å². The van der Waals surface area contributed by atoms with Crippen LogP contribution >= 0.6 is 0 Å². The molecule has 0 bridgehead atoms. The van der Waals surface area contributed by atoms with Crippen LogP contribution in [-0.2, 0) is 0 Å². The average Bonchev–Trinajstić information content (AvgIpc) is 3.17. The van der Waals surface area contributed by atoms with E-state index in [4.69, 9.17) is 0 Å². The van der Waals surface area contributed by atoms with Crippen LogP contribution in [-0.4, -0.2) is 0 Å². The normalized spacial score (nSPS) is 21.9. The molecule has 0 heterocycles. The topological polar surface area (TPSA) is 0 Å². The minimum Gasteiger partial charge on any atom is -0.0836 e. The summed E-state index contributed by atoms with van der Waals surface area (Å²) < 4.78 is 0. The van der Waals surface area contributed by atoms with Gasteiger partial charge in [0.2, 0.25) is 0 Å². The molecule has 1 atom stereocenters. The Morgan fingerprint density at radius 1 is 0.889 bits per heavy atom. The van der Waals surface area contributed by atoms with Crippen LogP contribution in [0.3, 0.4) is 0 Å². The summed E-state index contributed by atoms with van der Waals surface area (Å²) in [5.41, 5.74) is 5.99. The fraction of sp³-hybridized carbons (Fsp3) is 0.185. The molecular weight excluding hydrogens is 324 g/mol. The number of fused-ring (bicyclic) bond motifs is 5. The van der Waals surface area contributed by atoms with E-state index < -0.39 is 0 Å². The molecule has 130 valence electrons. The molecule has 0 saturated carbocycles. The van der Waals surface area contributed by atoms with Crippen LogP contribution in [0.1, 0.15) is 36.3 Å². The van der Waals surface area contributed by atoms with Gasteiger partial charge < -0.3 is 0 Å². The van der Waals surface area contributed by atoms with Crippen LogP contribution in [0.2, 0.25) is 0 Å². The van der Waals surface area contributed by atoms with E-state index >= 15 is 0 Å². The molecule has 0 radical (unpaired) electrons. The first kappa shape index (κ1) is 15.2. The summed E-state index contributed by atoms with van der Waals surface area (Å²) in [6.07, 6.45) is 22.5. The van der Waals surface area contributed by atoms with E-state index in [0.717, 1.165) is 6.42 Å². The van der Waals surface area contributed by atoms with Gasteiger partial charge in [-0.25, -0.2) is 0 Å². The Bertz CT molecular complexity index is 1260. The van der Waals surface area contributed by atoms with Crippen LogP contribution in [0.15, 0.2) is 66.3 Å². The molecule has 0 nitrogen and oxygen atoms in total. The molecule has 0 heteroatoms. The summed E-state index contributed by atoms with van der Waals surface area (Å²) in [4.78, 5) is 0. The zero-order chi connectivity index (χ0) is 17.8. The molecular formula is C27H22. The molecule has 2 aromatic carbocycles. The third-order valence-corrected chi connectivity index (χ3v) is 6.54. The highest BCUT2D eigenvalue weighted by Crippen LogP contribution is 2.33. The van der Waals surface area contributed by atoms with Gasteiger partial charge in [-0.2, -0.15) is 0 Å². The van der Waals surface area contributed by atoms with E-state index in [1.807, 2.05) is 0 Å². The minimum absolute atomic E-state index is 0.424. The maximum atomic E-state index is 2.47. The summed E-state index contributed by atoms with van der Waals surface area (Å²) in [6.45, 7) is 0. The zero-order valence-electron chi connectivity index (χ0n) is 15.4. The first-order valence-electron chi connectivity index (χ1n) is 10.1. The van der Waals surface area contributed by atoms with Crippen LogP contribution in [0, 0.1) is 5.92 Å². The van der Waals surface area contributed by atoms with E-state index in [-0.39, 0.29) is 0 Å². The molecule has 0 spiro atoms. The molecule has 4 aliphatic rings. The van der Waals surface area contributed by atoms with Crippen molar-refractivity contribution in [2.75, 3.05) is 0 Å². The maximum absolute atomic E-state index is 2.47. The minimum atomic E-state index is 0.424. The Morgan fingerprint density at radius 2 is 1.74 bits per heavy atom. The highest BCUT2D eigenvalue weighted by Gasteiger charge is 2.24. The first-order valence-corrected chi connectivity index (χ1v) is 10.1. The quantitative estimate of drug-likeness (QED) is 0.743. The lowest BCUT2D eigenvalue weighted by molar-refractivity contribution is 0.767. The second-order valence-corrected chi connectivity index (χ2v) is 8.01. The molecule has 0 aliphatic heterocycles. The van der Waals surface area contributed by atoms with Gasteiger partial charge in [0.25, 0.3) is 0 Å². The molecule has 2 aromatic rings. The largest absolute Gasteiger partial charge is 0.0836 e. The average molecular weight is 346 g/mol. The lowest BCUT2D eigenvalue weighted by atomic mass is 9.79. The summed E-state index contributed by atoms with van der Waals surface area (Å²) in [5.74, 6) is 0.866. The monoisotopic (exact) mass is 346 g/mol. The molecule has 0 saturated heterocycles. The molecule has 4 aliphatic carbocycles. The fourth-order valence-electron chi connectivity index (χ4n) is 5.21. The Hall–Kier alpha value is -2.86. The van der Waals surface area contributed by atoms with Gasteiger partial charge in [0.05, 0.1) is 0 Å². The van der Waals surface area contributed by atoms with Crippen molar-refractivity contribution in [2.45, 2.75) is 25.2 Å². The van der Waals surface area contributed by atoms with Crippen molar-refractivity contribution in [1.82, 2.24) is 0 Å². The van der Waals surface area contributed by atoms with E-state index in [1.165, 1.54) is 50.4 Å². The summed E-state index contributed by atoms with van der Waals surface area (Å²) in [7, 11) is 0. The number of hydrogen-bond acceptors (Lipinski definition) is 0. The van der Waals surface area contributed by atoms with Crippen molar-refractivity contribution in [2.24, 2.45) is 5.92 Å². The Kier molecular flexibility index (Phi) is 3.28. The smallest absolute Gasteiger partial charge is 0.0125 e. The number of hydrogen-bond donors (Lipinski definition) is 0. The van der Waals surface area contributed by atoms with Crippen molar-refractivity contribution in [1.29, 1.82) is 0 Å². The van der Waals surface area contributed by atoms with E-state index in [1.54, 1.807) is 5.57 Å². The van der Waals surface area contributed by atoms with Crippen LogP contribution in [0.4, 0.5) is 0 Å². The maximum Gasteiger partial charge on any atom is 0.0125 e. The highest BCUT2D eigenvalue weighted by molar-refractivity contribution is 5.82. The van der Waals surface area contributed by atoms with Crippen molar-refractivity contribution in [3.8, 4) is 0 Å². The van der Waals surface area contributed by atoms with E-state index in [2.05, 4.69) is 85.0 Å². The summed E-state index contributed by atoms with van der Waals surface area (Å²) >= 11 is 0. The van der Waals surface area contributed by atoms with Crippen molar-refractivity contribution in [3.05, 3.63) is 98.3 Å². The number of allylic oxidation sites excluding steroid dienone is 6. The molecule has 0 N–H and O–H groups in total. The van der Waals surface area contributed by atoms with Crippen molar-refractivity contribution in [3.63, 3.8) is 0 Å². The van der Waals surface area contributed by atoms with Gasteiger partial charge in [0, 0.05) is 11.8 Å². The highest BCUT2D eigenvalue weighted by atomic mass is 14.3. The van der Waals surface area contributed by atoms with Crippen molar-refractivity contribution < 1.29 is 0 Å². The molecule has 0 fully saturated rings. The van der Waals surface area contributed by atoms with Crippen LogP contribution < -0.4 is 20.9 Å². The molecule has 0 amide bonds. The van der Waals surface area contributed by atoms with Gasteiger partial charge in [-0.3, -0.25) is 0 Å². The van der Waals surface area contributed by atoms with Crippen LogP contribution in [0.25, 0.3) is 29.9 Å². The Balaban J connectivity index is 1.51. The third kappa shape index (κ3) is 2.29.